The standard InChI is InChI=1S/C17H12N2O/c1-10-6-7-13-15(17(20)16(13)19-10)12-8-9-18-14-5-3-2-4-11(12)14/h2-9,15H,1H3. The van der Waals surface area contributed by atoms with Crippen LogP contribution in [-0.2, 0) is 0 Å². The van der Waals surface area contributed by atoms with Crippen molar-refractivity contribution in [2.45, 2.75) is 12.8 Å². The van der Waals surface area contributed by atoms with Crippen LogP contribution < -0.4 is 0 Å². The van der Waals surface area contributed by atoms with Crippen molar-refractivity contribution >= 4 is 16.7 Å². The van der Waals surface area contributed by atoms with Crippen LogP contribution in [0.3, 0.4) is 0 Å². The van der Waals surface area contributed by atoms with Crippen molar-refractivity contribution in [2.24, 2.45) is 0 Å². The summed E-state index contributed by atoms with van der Waals surface area (Å²) < 4.78 is 0. The van der Waals surface area contributed by atoms with Gasteiger partial charge < -0.3 is 0 Å². The molecule has 2 aromatic heterocycles. The van der Waals surface area contributed by atoms with E-state index < -0.39 is 0 Å². The van der Waals surface area contributed by atoms with Crippen LogP contribution in [0.5, 0.6) is 0 Å². The number of Topliss-reactive ketones (excluding diaryl/α,β-unsaturated/α-hetero) is 1. The van der Waals surface area contributed by atoms with Gasteiger partial charge in [-0.2, -0.15) is 0 Å². The lowest BCUT2D eigenvalue weighted by Gasteiger charge is -2.28. The van der Waals surface area contributed by atoms with Crippen LogP contribution in [-0.4, -0.2) is 15.8 Å². The first-order chi connectivity index (χ1) is 9.75. The molecule has 1 aliphatic rings. The highest BCUT2D eigenvalue weighted by Crippen LogP contribution is 2.41. The van der Waals surface area contributed by atoms with Crippen LogP contribution in [0.4, 0.5) is 0 Å². The number of fused-ring (bicyclic) bond motifs is 2. The lowest BCUT2D eigenvalue weighted by Crippen LogP contribution is -2.29. The molecular formula is C17H12N2O. The summed E-state index contributed by atoms with van der Waals surface area (Å²) in [4.78, 5) is 21.0. The molecule has 0 saturated heterocycles. The number of rotatable bonds is 1. The predicted octanol–water partition coefficient (Wildman–Crippen LogP) is 3.27. The maximum absolute atomic E-state index is 12.4. The van der Waals surface area contributed by atoms with Crippen molar-refractivity contribution in [1.82, 2.24) is 9.97 Å². The van der Waals surface area contributed by atoms with E-state index >= 15 is 0 Å². The molecule has 4 rings (SSSR count). The van der Waals surface area contributed by atoms with Crippen molar-refractivity contribution in [3.8, 4) is 0 Å². The number of para-hydroxylation sites is 1. The number of hydrogen-bond acceptors (Lipinski definition) is 3. The minimum atomic E-state index is -0.189. The second-order valence-electron chi connectivity index (χ2n) is 5.11. The van der Waals surface area contributed by atoms with Crippen LogP contribution in [0.15, 0.2) is 48.7 Å². The molecule has 20 heavy (non-hydrogen) atoms. The Balaban J connectivity index is 1.93. The number of pyridine rings is 2. The van der Waals surface area contributed by atoms with E-state index in [2.05, 4.69) is 9.97 Å². The quantitative estimate of drug-likeness (QED) is 0.674. The Morgan fingerprint density at radius 1 is 1.00 bits per heavy atom. The largest absolute Gasteiger partial charge is 0.291 e. The molecular weight excluding hydrogens is 248 g/mol. The monoisotopic (exact) mass is 260 g/mol. The van der Waals surface area contributed by atoms with Crippen molar-refractivity contribution < 1.29 is 4.79 Å². The average Bonchev–Trinajstić information content (AvgIpc) is 2.48. The first-order valence-electron chi connectivity index (χ1n) is 6.61. The van der Waals surface area contributed by atoms with Crippen molar-refractivity contribution in [3.63, 3.8) is 0 Å². The molecule has 96 valence electrons. The number of ketones is 1. The van der Waals surface area contributed by atoms with Gasteiger partial charge in [-0.1, -0.05) is 24.3 Å². The minimum Gasteiger partial charge on any atom is -0.291 e. The molecule has 0 N–H and O–H groups in total. The molecule has 1 atom stereocenters. The van der Waals surface area contributed by atoms with Crippen LogP contribution >= 0.6 is 0 Å². The Bertz CT molecular complexity index is 849. The van der Waals surface area contributed by atoms with E-state index in [0.29, 0.717) is 5.69 Å². The maximum atomic E-state index is 12.4. The molecule has 0 aliphatic heterocycles. The fourth-order valence-corrected chi connectivity index (χ4v) is 2.88. The second-order valence-corrected chi connectivity index (χ2v) is 5.11. The lowest BCUT2D eigenvalue weighted by atomic mass is 9.74. The summed E-state index contributed by atoms with van der Waals surface area (Å²) in [5.41, 5.74) is 4.48. The molecule has 0 spiro atoms. The number of hydrogen-bond donors (Lipinski definition) is 0. The van der Waals surface area contributed by atoms with Gasteiger partial charge in [-0.25, -0.2) is 4.98 Å². The zero-order valence-corrected chi connectivity index (χ0v) is 11.0. The fraction of sp³-hybridized carbons (Fsp3) is 0.118. The number of benzene rings is 1. The summed E-state index contributed by atoms with van der Waals surface area (Å²) in [5, 5.41) is 1.04. The normalized spacial score (nSPS) is 16.9. The summed E-state index contributed by atoms with van der Waals surface area (Å²) >= 11 is 0. The van der Waals surface area contributed by atoms with E-state index in [-0.39, 0.29) is 11.7 Å². The molecule has 0 fully saturated rings. The fourth-order valence-electron chi connectivity index (χ4n) is 2.88. The molecule has 3 heteroatoms. The molecule has 0 radical (unpaired) electrons. The number of aryl methyl sites for hydroxylation is 1. The highest BCUT2D eigenvalue weighted by molar-refractivity contribution is 6.12. The molecule has 3 aromatic rings. The lowest BCUT2D eigenvalue weighted by molar-refractivity contribution is 0.0938. The van der Waals surface area contributed by atoms with E-state index in [1.54, 1.807) is 6.20 Å². The van der Waals surface area contributed by atoms with Gasteiger partial charge in [0.05, 0.1) is 11.4 Å². The van der Waals surface area contributed by atoms with E-state index in [4.69, 9.17) is 0 Å². The first-order valence-corrected chi connectivity index (χ1v) is 6.61. The molecule has 1 unspecified atom stereocenters. The Morgan fingerprint density at radius 2 is 1.85 bits per heavy atom. The third kappa shape index (κ3) is 1.43. The third-order valence-electron chi connectivity index (χ3n) is 3.87. The molecule has 1 aromatic carbocycles. The van der Waals surface area contributed by atoms with Crippen LogP contribution in [0.25, 0.3) is 10.9 Å². The summed E-state index contributed by atoms with van der Waals surface area (Å²) in [7, 11) is 0. The van der Waals surface area contributed by atoms with Gasteiger partial charge in [0, 0.05) is 17.3 Å². The van der Waals surface area contributed by atoms with Gasteiger partial charge in [0.25, 0.3) is 0 Å². The number of aromatic nitrogens is 2. The smallest absolute Gasteiger partial charge is 0.193 e. The Kier molecular flexibility index (Phi) is 2.24. The summed E-state index contributed by atoms with van der Waals surface area (Å²) in [6.45, 7) is 1.91. The topological polar surface area (TPSA) is 42.9 Å². The van der Waals surface area contributed by atoms with E-state index in [9.17, 15) is 4.79 Å². The van der Waals surface area contributed by atoms with E-state index in [1.807, 2.05) is 49.4 Å². The van der Waals surface area contributed by atoms with Gasteiger partial charge in [0.2, 0.25) is 0 Å². The first kappa shape index (κ1) is 11.3. The second kappa shape index (κ2) is 3.97. The molecule has 0 amide bonds. The predicted molar refractivity (Wildman–Crippen MR) is 76.9 cm³/mol. The third-order valence-corrected chi connectivity index (χ3v) is 3.87. The zero-order valence-electron chi connectivity index (χ0n) is 11.0. The van der Waals surface area contributed by atoms with Crippen LogP contribution in [0.2, 0.25) is 0 Å². The van der Waals surface area contributed by atoms with Crippen molar-refractivity contribution in [3.05, 3.63) is 71.2 Å². The highest BCUT2D eigenvalue weighted by Gasteiger charge is 2.39. The van der Waals surface area contributed by atoms with Crippen molar-refractivity contribution in [2.75, 3.05) is 0 Å². The molecule has 3 nitrogen and oxygen atoms in total. The molecule has 0 bridgehead atoms. The SMILES string of the molecule is Cc1ccc2c(n1)C(=O)C2c1ccnc2ccccc12. The van der Waals surface area contributed by atoms with Gasteiger partial charge in [-0.15, -0.1) is 0 Å². The van der Waals surface area contributed by atoms with Gasteiger partial charge in [-0.3, -0.25) is 9.78 Å². The van der Waals surface area contributed by atoms with Crippen molar-refractivity contribution in [1.29, 1.82) is 0 Å². The van der Waals surface area contributed by atoms with Gasteiger partial charge in [0.15, 0.2) is 5.78 Å². The maximum Gasteiger partial charge on any atom is 0.193 e. The number of carbonyl (C=O) groups is 1. The van der Waals surface area contributed by atoms with Crippen LogP contribution in [0, 0.1) is 6.92 Å². The average molecular weight is 260 g/mol. The van der Waals surface area contributed by atoms with Crippen LogP contribution in [0.1, 0.15) is 33.2 Å². The van der Waals surface area contributed by atoms with Gasteiger partial charge in [-0.05, 0) is 36.2 Å². The minimum absolute atomic E-state index is 0.111. The summed E-state index contributed by atoms with van der Waals surface area (Å²) in [5.74, 6) is -0.0777. The van der Waals surface area contributed by atoms with E-state index in [0.717, 1.165) is 27.7 Å². The zero-order chi connectivity index (χ0) is 13.7. The molecule has 0 saturated carbocycles. The van der Waals surface area contributed by atoms with Gasteiger partial charge >= 0.3 is 0 Å². The Hall–Kier alpha value is -2.55. The Labute approximate surface area is 116 Å². The summed E-state index contributed by atoms with van der Waals surface area (Å²) in [6, 6.07) is 13.8. The molecule has 1 aliphatic carbocycles. The van der Waals surface area contributed by atoms with E-state index in [1.165, 1.54) is 0 Å². The Morgan fingerprint density at radius 3 is 2.75 bits per heavy atom. The number of nitrogens with zero attached hydrogens (tertiary/aromatic N) is 2. The van der Waals surface area contributed by atoms with Gasteiger partial charge in [0.1, 0.15) is 5.69 Å². The number of carbonyl (C=O) groups excluding carboxylic acids is 1. The molecule has 2 heterocycles. The summed E-state index contributed by atoms with van der Waals surface area (Å²) in [6.07, 6.45) is 1.77. The highest BCUT2D eigenvalue weighted by atomic mass is 16.1.